The van der Waals surface area contributed by atoms with E-state index in [2.05, 4.69) is 37.3 Å². The summed E-state index contributed by atoms with van der Waals surface area (Å²) in [7, 11) is 2.15. The quantitative estimate of drug-likeness (QED) is 0.876. The monoisotopic (exact) mass is 294 g/mol. The van der Waals surface area contributed by atoms with Crippen LogP contribution >= 0.6 is 15.9 Å². The molecule has 0 saturated carbocycles. The fourth-order valence-corrected chi connectivity index (χ4v) is 3.18. The first-order chi connectivity index (χ1) is 8.16. The van der Waals surface area contributed by atoms with Gasteiger partial charge in [-0.15, -0.1) is 0 Å². The second kappa shape index (κ2) is 3.99. The number of likely N-dealkylation sites (tertiary alicyclic amines) is 1. The molecule has 4 nitrogen and oxygen atoms in total. The SMILES string of the molecule is CN1CCC(c2nc(Br)c3c(N)cccn23)C1. The molecule has 5 heteroatoms. The van der Waals surface area contributed by atoms with E-state index in [-0.39, 0.29) is 0 Å². The van der Waals surface area contributed by atoms with E-state index in [9.17, 15) is 0 Å². The number of pyridine rings is 1. The summed E-state index contributed by atoms with van der Waals surface area (Å²) in [4.78, 5) is 6.98. The first-order valence-corrected chi connectivity index (χ1v) is 6.56. The first kappa shape index (κ1) is 11.0. The maximum Gasteiger partial charge on any atom is 0.134 e. The molecule has 0 amide bonds. The number of anilines is 1. The number of nitrogens with two attached hydrogens (primary N) is 1. The number of hydrogen-bond donors (Lipinski definition) is 1. The Hall–Kier alpha value is -1.07. The molecule has 0 aliphatic carbocycles. The van der Waals surface area contributed by atoms with Crippen molar-refractivity contribution in [1.29, 1.82) is 0 Å². The molecule has 0 bridgehead atoms. The fourth-order valence-electron chi connectivity index (χ4n) is 2.58. The Balaban J connectivity index is 2.14. The lowest BCUT2D eigenvalue weighted by Gasteiger charge is -2.09. The van der Waals surface area contributed by atoms with Gasteiger partial charge in [-0.3, -0.25) is 0 Å². The Bertz CT molecular complexity index is 563. The van der Waals surface area contributed by atoms with E-state index in [0.29, 0.717) is 5.92 Å². The Kier molecular flexibility index (Phi) is 2.60. The van der Waals surface area contributed by atoms with Crippen LogP contribution < -0.4 is 5.73 Å². The number of hydrogen-bond acceptors (Lipinski definition) is 3. The number of nitrogen functional groups attached to an aromatic ring is 1. The van der Waals surface area contributed by atoms with Crippen molar-refractivity contribution in [2.75, 3.05) is 25.9 Å². The van der Waals surface area contributed by atoms with Crippen LogP contribution in [0.5, 0.6) is 0 Å². The molecule has 2 N–H and O–H groups in total. The van der Waals surface area contributed by atoms with Crippen LogP contribution in [0.4, 0.5) is 5.69 Å². The lowest BCUT2D eigenvalue weighted by Crippen LogP contribution is -2.14. The lowest BCUT2D eigenvalue weighted by atomic mass is 10.1. The van der Waals surface area contributed by atoms with E-state index in [4.69, 9.17) is 5.73 Å². The second-order valence-electron chi connectivity index (χ2n) is 4.69. The Morgan fingerprint density at radius 3 is 3.06 bits per heavy atom. The minimum atomic E-state index is 0.501. The Labute approximate surface area is 109 Å². The summed E-state index contributed by atoms with van der Waals surface area (Å²) in [5.41, 5.74) is 7.75. The summed E-state index contributed by atoms with van der Waals surface area (Å²) < 4.78 is 2.96. The van der Waals surface area contributed by atoms with Gasteiger partial charge in [0.15, 0.2) is 0 Å². The van der Waals surface area contributed by atoms with Crippen LogP contribution in [0.25, 0.3) is 5.52 Å². The average molecular weight is 295 g/mol. The van der Waals surface area contributed by atoms with Gasteiger partial charge in [0.1, 0.15) is 15.9 Å². The van der Waals surface area contributed by atoms with Crippen LogP contribution in [0.3, 0.4) is 0 Å². The van der Waals surface area contributed by atoms with Crippen LogP contribution in [0.1, 0.15) is 18.2 Å². The molecule has 3 heterocycles. The summed E-state index contributed by atoms with van der Waals surface area (Å²) in [5.74, 6) is 1.61. The Morgan fingerprint density at radius 1 is 1.53 bits per heavy atom. The topological polar surface area (TPSA) is 46.6 Å². The van der Waals surface area contributed by atoms with Crippen molar-refractivity contribution in [3.05, 3.63) is 28.8 Å². The second-order valence-corrected chi connectivity index (χ2v) is 5.44. The van der Waals surface area contributed by atoms with Crippen LogP contribution in [0.2, 0.25) is 0 Å². The van der Waals surface area contributed by atoms with Gasteiger partial charge in [0.25, 0.3) is 0 Å². The van der Waals surface area contributed by atoms with Crippen LogP contribution in [0.15, 0.2) is 22.9 Å². The predicted octanol–water partition coefficient (Wildman–Crippen LogP) is 2.10. The third kappa shape index (κ3) is 1.73. The number of nitrogens with zero attached hydrogens (tertiary/aromatic N) is 3. The highest BCUT2D eigenvalue weighted by atomic mass is 79.9. The predicted molar refractivity (Wildman–Crippen MR) is 72.2 cm³/mol. The van der Waals surface area contributed by atoms with Crippen molar-refractivity contribution in [3.8, 4) is 0 Å². The van der Waals surface area contributed by atoms with E-state index < -0.39 is 0 Å². The molecule has 17 heavy (non-hydrogen) atoms. The number of halogens is 1. The maximum atomic E-state index is 6.00. The molecule has 0 radical (unpaired) electrons. The summed E-state index contributed by atoms with van der Waals surface area (Å²) in [5, 5.41) is 0. The summed E-state index contributed by atoms with van der Waals surface area (Å²) in [6.45, 7) is 2.21. The van der Waals surface area contributed by atoms with Gasteiger partial charge >= 0.3 is 0 Å². The van der Waals surface area contributed by atoms with Gasteiger partial charge in [-0.1, -0.05) is 0 Å². The fraction of sp³-hybridized carbons (Fsp3) is 0.417. The van der Waals surface area contributed by atoms with Gasteiger partial charge in [0.2, 0.25) is 0 Å². The molecule has 2 aromatic rings. The normalized spacial score (nSPS) is 21.4. The van der Waals surface area contributed by atoms with Crippen LogP contribution in [-0.4, -0.2) is 34.4 Å². The molecule has 1 atom stereocenters. The van der Waals surface area contributed by atoms with Gasteiger partial charge in [0.05, 0.1) is 5.69 Å². The molecule has 1 aliphatic heterocycles. The van der Waals surface area contributed by atoms with Gasteiger partial charge in [-0.2, -0.15) is 0 Å². The molecule has 0 spiro atoms. The highest BCUT2D eigenvalue weighted by Gasteiger charge is 2.26. The van der Waals surface area contributed by atoms with Crippen LogP contribution in [-0.2, 0) is 0 Å². The lowest BCUT2D eigenvalue weighted by molar-refractivity contribution is 0.409. The molecule has 90 valence electrons. The minimum Gasteiger partial charge on any atom is -0.397 e. The van der Waals surface area contributed by atoms with E-state index in [1.165, 1.54) is 0 Å². The zero-order valence-electron chi connectivity index (χ0n) is 9.73. The zero-order valence-corrected chi connectivity index (χ0v) is 11.3. The van der Waals surface area contributed by atoms with Gasteiger partial charge in [-0.05, 0) is 48.1 Å². The minimum absolute atomic E-state index is 0.501. The summed E-state index contributed by atoms with van der Waals surface area (Å²) in [6, 6.07) is 3.88. The van der Waals surface area contributed by atoms with Crippen molar-refractivity contribution in [2.45, 2.75) is 12.3 Å². The van der Waals surface area contributed by atoms with Crippen LogP contribution in [0, 0.1) is 0 Å². The van der Waals surface area contributed by atoms with E-state index in [0.717, 1.165) is 41.1 Å². The number of fused-ring (bicyclic) bond motifs is 1. The number of rotatable bonds is 1. The average Bonchev–Trinajstić information content (AvgIpc) is 2.84. The molecule has 1 fully saturated rings. The zero-order chi connectivity index (χ0) is 12.0. The maximum absolute atomic E-state index is 6.00. The van der Waals surface area contributed by atoms with Crippen molar-refractivity contribution in [3.63, 3.8) is 0 Å². The van der Waals surface area contributed by atoms with Gasteiger partial charge in [-0.25, -0.2) is 4.98 Å². The largest absolute Gasteiger partial charge is 0.397 e. The number of likely N-dealkylation sites (N-methyl/N-ethyl adjacent to an activating group) is 1. The molecular formula is C12H15BrN4. The highest BCUT2D eigenvalue weighted by Crippen LogP contribution is 2.31. The molecule has 1 saturated heterocycles. The third-order valence-electron chi connectivity index (χ3n) is 3.44. The standard InChI is InChI=1S/C12H15BrN4/c1-16-6-4-8(7-16)12-15-11(13)10-9(14)3-2-5-17(10)12/h2-3,5,8H,4,6-7,14H2,1H3. The van der Waals surface area contributed by atoms with Crippen molar-refractivity contribution in [2.24, 2.45) is 0 Å². The van der Waals surface area contributed by atoms with Crippen molar-refractivity contribution in [1.82, 2.24) is 14.3 Å². The summed E-state index contributed by atoms with van der Waals surface area (Å²) >= 11 is 3.51. The third-order valence-corrected chi connectivity index (χ3v) is 3.99. The van der Waals surface area contributed by atoms with Gasteiger partial charge < -0.3 is 15.0 Å². The van der Waals surface area contributed by atoms with Crippen molar-refractivity contribution < 1.29 is 0 Å². The number of aromatic nitrogens is 2. The molecule has 0 aromatic carbocycles. The number of imidazole rings is 1. The first-order valence-electron chi connectivity index (χ1n) is 5.77. The Morgan fingerprint density at radius 2 is 2.35 bits per heavy atom. The summed E-state index contributed by atoms with van der Waals surface area (Å²) in [6.07, 6.45) is 3.20. The molecule has 2 aromatic heterocycles. The molecule has 1 aliphatic rings. The van der Waals surface area contributed by atoms with Crippen molar-refractivity contribution >= 4 is 27.1 Å². The van der Waals surface area contributed by atoms with E-state index >= 15 is 0 Å². The van der Waals surface area contributed by atoms with E-state index in [1.54, 1.807) is 0 Å². The molecule has 1 unspecified atom stereocenters. The molecular weight excluding hydrogens is 280 g/mol. The molecule has 3 rings (SSSR count). The van der Waals surface area contributed by atoms with E-state index in [1.807, 2.05) is 18.3 Å². The smallest absolute Gasteiger partial charge is 0.134 e. The van der Waals surface area contributed by atoms with Gasteiger partial charge in [0, 0.05) is 18.7 Å². The highest BCUT2D eigenvalue weighted by molar-refractivity contribution is 9.10.